The molecule has 0 saturated carbocycles. The van der Waals surface area contributed by atoms with Gasteiger partial charge in [-0.05, 0) is 33.6 Å². The van der Waals surface area contributed by atoms with Gasteiger partial charge in [0.15, 0.2) is 0 Å². The molecular formula is C15H17BrN2S. The second-order valence-corrected chi connectivity index (χ2v) is 7.24. The van der Waals surface area contributed by atoms with Gasteiger partial charge in [-0.3, -0.25) is 4.90 Å². The Kier molecular flexibility index (Phi) is 4.33. The summed E-state index contributed by atoms with van der Waals surface area (Å²) in [5, 5.41) is 3.43. The van der Waals surface area contributed by atoms with Crippen molar-refractivity contribution >= 4 is 27.3 Å². The predicted molar refractivity (Wildman–Crippen MR) is 84.7 cm³/mol. The summed E-state index contributed by atoms with van der Waals surface area (Å²) >= 11 is 5.42. The normalized spacial score (nSPS) is 18.4. The Morgan fingerprint density at radius 2 is 1.79 bits per heavy atom. The van der Waals surface area contributed by atoms with Gasteiger partial charge in [0.1, 0.15) is 0 Å². The molecule has 3 rings (SSSR count). The maximum Gasteiger partial charge on any atom is 0.0702 e. The molecule has 1 aromatic heterocycles. The predicted octanol–water partition coefficient (Wildman–Crippen LogP) is 3.51. The number of benzene rings is 1. The lowest BCUT2D eigenvalue weighted by molar-refractivity contribution is 0.200. The summed E-state index contributed by atoms with van der Waals surface area (Å²) in [6.45, 7) is 4.37. The van der Waals surface area contributed by atoms with Crippen LogP contribution < -0.4 is 5.32 Å². The summed E-state index contributed by atoms with van der Waals surface area (Å²) in [5.41, 5.74) is 1.39. The van der Waals surface area contributed by atoms with Gasteiger partial charge in [-0.1, -0.05) is 30.3 Å². The van der Waals surface area contributed by atoms with Crippen LogP contribution in [0.4, 0.5) is 0 Å². The summed E-state index contributed by atoms with van der Waals surface area (Å²) in [4.78, 5) is 3.99. The Morgan fingerprint density at radius 3 is 2.42 bits per heavy atom. The Balaban J connectivity index is 1.95. The number of hydrogen-bond acceptors (Lipinski definition) is 3. The zero-order valence-electron chi connectivity index (χ0n) is 10.7. The summed E-state index contributed by atoms with van der Waals surface area (Å²) in [7, 11) is 0. The molecule has 2 aromatic rings. The van der Waals surface area contributed by atoms with E-state index in [0.29, 0.717) is 6.04 Å². The monoisotopic (exact) mass is 336 g/mol. The second-order valence-electron chi connectivity index (χ2n) is 4.74. The smallest absolute Gasteiger partial charge is 0.0702 e. The van der Waals surface area contributed by atoms with Crippen LogP contribution in [-0.2, 0) is 0 Å². The van der Waals surface area contributed by atoms with Crippen LogP contribution in [0.25, 0.3) is 0 Å². The van der Waals surface area contributed by atoms with Crippen LogP contribution in [0.3, 0.4) is 0 Å². The Morgan fingerprint density at radius 1 is 1.05 bits per heavy atom. The van der Waals surface area contributed by atoms with E-state index < -0.39 is 0 Å². The SMILES string of the molecule is Brc1ccc(C(c2ccccc2)N2CCNCC2)s1. The second kappa shape index (κ2) is 6.18. The van der Waals surface area contributed by atoms with E-state index in [4.69, 9.17) is 0 Å². The van der Waals surface area contributed by atoms with Gasteiger partial charge in [-0.15, -0.1) is 11.3 Å². The molecule has 1 aliphatic heterocycles. The zero-order valence-corrected chi connectivity index (χ0v) is 13.1. The van der Waals surface area contributed by atoms with Crippen LogP contribution in [0.5, 0.6) is 0 Å². The van der Waals surface area contributed by atoms with E-state index in [9.17, 15) is 0 Å². The molecule has 1 aliphatic rings. The number of halogens is 1. The third-order valence-electron chi connectivity index (χ3n) is 3.50. The van der Waals surface area contributed by atoms with E-state index in [1.54, 1.807) is 0 Å². The highest BCUT2D eigenvalue weighted by Crippen LogP contribution is 2.35. The minimum absolute atomic E-state index is 0.389. The number of thiophene rings is 1. The molecule has 2 heterocycles. The van der Waals surface area contributed by atoms with E-state index in [1.807, 2.05) is 11.3 Å². The van der Waals surface area contributed by atoms with Crippen molar-refractivity contribution in [2.75, 3.05) is 26.2 Å². The van der Waals surface area contributed by atoms with E-state index >= 15 is 0 Å². The quantitative estimate of drug-likeness (QED) is 0.922. The molecule has 100 valence electrons. The molecule has 1 N–H and O–H groups in total. The van der Waals surface area contributed by atoms with E-state index in [-0.39, 0.29) is 0 Å². The first kappa shape index (κ1) is 13.3. The van der Waals surface area contributed by atoms with Gasteiger partial charge in [0, 0.05) is 31.1 Å². The van der Waals surface area contributed by atoms with Crippen LogP contribution in [0.1, 0.15) is 16.5 Å². The standard InChI is InChI=1S/C15H17BrN2S/c16-14-7-6-13(19-14)15(12-4-2-1-3-5-12)18-10-8-17-9-11-18/h1-7,15,17H,8-11H2. The maximum absolute atomic E-state index is 3.58. The third-order valence-corrected chi connectivity index (χ3v) is 5.17. The first-order valence-electron chi connectivity index (χ1n) is 6.59. The lowest BCUT2D eigenvalue weighted by atomic mass is 10.0. The van der Waals surface area contributed by atoms with Crippen molar-refractivity contribution in [1.82, 2.24) is 10.2 Å². The number of nitrogens with zero attached hydrogens (tertiary/aromatic N) is 1. The Hall–Kier alpha value is -0.680. The summed E-state index contributed by atoms with van der Waals surface area (Å²) in [6, 6.07) is 15.6. The minimum Gasteiger partial charge on any atom is -0.314 e. The molecular weight excluding hydrogens is 320 g/mol. The van der Waals surface area contributed by atoms with Crippen molar-refractivity contribution in [3.63, 3.8) is 0 Å². The maximum atomic E-state index is 3.58. The summed E-state index contributed by atoms with van der Waals surface area (Å²) < 4.78 is 1.21. The van der Waals surface area contributed by atoms with Crippen LogP contribution in [0, 0.1) is 0 Å². The summed E-state index contributed by atoms with van der Waals surface area (Å²) in [5.74, 6) is 0. The van der Waals surface area contributed by atoms with Gasteiger partial charge >= 0.3 is 0 Å². The van der Waals surface area contributed by atoms with Crippen molar-refractivity contribution in [2.24, 2.45) is 0 Å². The summed E-state index contributed by atoms with van der Waals surface area (Å²) in [6.07, 6.45) is 0. The van der Waals surface area contributed by atoms with Gasteiger partial charge in [-0.2, -0.15) is 0 Å². The molecule has 1 saturated heterocycles. The van der Waals surface area contributed by atoms with Crippen molar-refractivity contribution in [1.29, 1.82) is 0 Å². The lowest BCUT2D eigenvalue weighted by Gasteiger charge is -2.34. The molecule has 1 aromatic carbocycles. The van der Waals surface area contributed by atoms with Crippen LogP contribution in [0.15, 0.2) is 46.3 Å². The number of hydrogen-bond donors (Lipinski definition) is 1. The number of piperazine rings is 1. The first-order valence-corrected chi connectivity index (χ1v) is 8.20. The fourth-order valence-corrected chi connectivity index (χ4v) is 4.19. The van der Waals surface area contributed by atoms with E-state index in [1.165, 1.54) is 14.2 Å². The molecule has 19 heavy (non-hydrogen) atoms. The molecule has 0 radical (unpaired) electrons. The van der Waals surface area contributed by atoms with Gasteiger partial charge in [0.25, 0.3) is 0 Å². The van der Waals surface area contributed by atoms with E-state index in [2.05, 4.69) is 68.6 Å². The van der Waals surface area contributed by atoms with Gasteiger partial charge in [0.05, 0.1) is 9.83 Å². The molecule has 1 atom stereocenters. The molecule has 0 bridgehead atoms. The van der Waals surface area contributed by atoms with Crippen molar-refractivity contribution in [2.45, 2.75) is 6.04 Å². The van der Waals surface area contributed by atoms with E-state index in [0.717, 1.165) is 26.2 Å². The highest BCUT2D eigenvalue weighted by molar-refractivity contribution is 9.11. The molecule has 2 nitrogen and oxygen atoms in total. The molecule has 4 heteroatoms. The third kappa shape index (κ3) is 3.08. The lowest BCUT2D eigenvalue weighted by Crippen LogP contribution is -2.45. The molecule has 0 amide bonds. The van der Waals surface area contributed by atoms with Gasteiger partial charge in [0.2, 0.25) is 0 Å². The number of nitrogens with one attached hydrogen (secondary N) is 1. The fourth-order valence-electron chi connectivity index (χ4n) is 2.61. The van der Waals surface area contributed by atoms with Crippen molar-refractivity contribution in [3.8, 4) is 0 Å². The average molecular weight is 337 g/mol. The van der Waals surface area contributed by atoms with Crippen LogP contribution >= 0.6 is 27.3 Å². The molecule has 0 spiro atoms. The average Bonchev–Trinajstić information content (AvgIpc) is 2.88. The minimum atomic E-state index is 0.389. The van der Waals surface area contributed by atoms with Crippen molar-refractivity contribution < 1.29 is 0 Å². The van der Waals surface area contributed by atoms with Crippen molar-refractivity contribution in [3.05, 3.63) is 56.7 Å². The van der Waals surface area contributed by atoms with Gasteiger partial charge < -0.3 is 5.32 Å². The van der Waals surface area contributed by atoms with Gasteiger partial charge in [-0.25, -0.2) is 0 Å². The Bertz CT molecular complexity index is 520. The zero-order chi connectivity index (χ0) is 13.1. The topological polar surface area (TPSA) is 15.3 Å². The molecule has 1 fully saturated rings. The largest absolute Gasteiger partial charge is 0.314 e. The highest BCUT2D eigenvalue weighted by atomic mass is 79.9. The first-order chi connectivity index (χ1) is 9.34. The number of rotatable bonds is 3. The van der Waals surface area contributed by atoms with Crippen LogP contribution in [0.2, 0.25) is 0 Å². The fraction of sp³-hybridized carbons (Fsp3) is 0.333. The Labute approximate surface area is 126 Å². The molecule has 0 aliphatic carbocycles. The molecule has 1 unspecified atom stereocenters. The van der Waals surface area contributed by atoms with Crippen LogP contribution in [-0.4, -0.2) is 31.1 Å². The highest BCUT2D eigenvalue weighted by Gasteiger charge is 2.24.